The van der Waals surface area contributed by atoms with Crippen LogP contribution in [0.1, 0.15) is 11.4 Å². The smallest absolute Gasteiger partial charge is 0.303 e. The molecule has 0 spiro atoms. The van der Waals surface area contributed by atoms with Gasteiger partial charge >= 0.3 is 5.97 Å². The first-order chi connectivity index (χ1) is 7.69. The minimum Gasteiger partial charge on any atom is -0.481 e. The summed E-state index contributed by atoms with van der Waals surface area (Å²) in [7, 11) is 0. The molecular formula is C11H11NO2S2. The number of hydrogen-bond donors (Lipinski definition) is 1. The van der Waals surface area contributed by atoms with Crippen molar-refractivity contribution < 1.29 is 9.90 Å². The zero-order valence-electron chi connectivity index (χ0n) is 8.77. The van der Waals surface area contributed by atoms with Gasteiger partial charge in [0.2, 0.25) is 0 Å². The van der Waals surface area contributed by atoms with Gasteiger partial charge in [-0.2, -0.15) is 0 Å². The monoisotopic (exact) mass is 253 g/mol. The number of hydrogen-bond acceptors (Lipinski definition) is 4. The highest BCUT2D eigenvalue weighted by Crippen LogP contribution is 2.27. The zero-order chi connectivity index (χ0) is 11.5. The molecule has 16 heavy (non-hydrogen) atoms. The fourth-order valence-corrected chi connectivity index (χ4v) is 2.92. The van der Waals surface area contributed by atoms with E-state index in [1.165, 1.54) is 4.90 Å². The summed E-state index contributed by atoms with van der Waals surface area (Å²) in [6.07, 6.45) is 2.70. The predicted molar refractivity (Wildman–Crippen MR) is 67.4 cm³/mol. The Labute approximate surface area is 102 Å². The molecule has 84 valence electrons. The number of aromatic nitrogens is 1. The van der Waals surface area contributed by atoms with E-state index in [9.17, 15) is 4.79 Å². The van der Waals surface area contributed by atoms with Gasteiger partial charge < -0.3 is 5.11 Å². The molecule has 5 heteroatoms. The normalized spacial score (nSPS) is 10.8. The summed E-state index contributed by atoms with van der Waals surface area (Å²) >= 11 is 3.28. The third-order valence-electron chi connectivity index (χ3n) is 2.19. The minimum atomic E-state index is -0.774. The number of carbonyl (C=O) groups is 1. The Morgan fingerprint density at radius 2 is 2.38 bits per heavy atom. The van der Waals surface area contributed by atoms with E-state index in [4.69, 9.17) is 5.11 Å². The molecular weight excluding hydrogens is 242 g/mol. The number of fused-ring (bicyclic) bond motifs is 1. The molecule has 0 fully saturated rings. The van der Waals surface area contributed by atoms with Crippen molar-refractivity contribution in [2.45, 2.75) is 17.7 Å². The molecule has 1 aromatic carbocycles. The van der Waals surface area contributed by atoms with Crippen molar-refractivity contribution in [2.24, 2.45) is 0 Å². The lowest BCUT2D eigenvalue weighted by molar-refractivity contribution is -0.136. The molecule has 0 aliphatic carbocycles. The lowest BCUT2D eigenvalue weighted by Crippen LogP contribution is -1.96. The van der Waals surface area contributed by atoms with Crippen LogP contribution >= 0.6 is 23.1 Å². The predicted octanol–water partition coefficient (Wildman–Crippen LogP) is 3.04. The van der Waals surface area contributed by atoms with Gasteiger partial charge in [0.05, 0.1) is 21.6 Å². The number of rotatable bonds is 4. The topological polar surface area (TPSA) is 50.2 Å². The zero-order valence-corrected chi connectivity index (χ0v) is 10.4. The molecule has 0 bridgehead atoms. The summed E-state index contributed by atoms with van der Waals surface area (Å²) in [6.45, 7) is 0. The molecule has 0 aliphatic rings. The van der Waals surface area contributed by atoms with Crippen LogP contribution in [-0.2, 0) is 11.2 Å². The molecule has 0 atom stereocenters. The Hall–Kier alpha value is -1.07. The molecule has 0 amide bonds. The molecule has 2 aromatic rings. The number of thiazole rings is 1. The summed E-state index contributed by atoms with van der Waals surface area (Å²) in [4.78, 5) is 16.1. The third-order valence-corrected chi connectivity index (χ3v) is 4.00. The van der Waals surface area contributed by atoms with Gasteiger partial charge in [-0.1, -0.05) is 0 Å². The van der Waals surface area contributed by atoms with E-state index < -0.39 is 5.97 Å². The standard InChI is InChI=1S/C11H11NO2S2/c1-15-7-2-3-8-9(6-7)16-10(12-8)4-5-11(13)14/h2-3,6H,4-5H2,1H3,(H,13,14). The van der Waals surface area contributed by atoms with Crippen molar-refractivity contribution in [1.82, 2.24) is 4.98 Å². The summed E-state index contributed by atoms with van der Waals surface area (Å²) in [5, 5.41) is 9.50. The van der Waals surface area contributed by atoms with Crippen LogP contribution in [0.3, 0.4) is 0 Å². The number of aliphatic carboxylic acids is 1. The lowest BCUT2D eigenvalue weighted by atomic mass is 10.3. The van der Waals surface area contributed by atoms with E-state index in [2.05, 4.69) is 11.1 Å². The second kappa shape index (κ2) is 4.84. The number of aryl methyl sites for hydroxylation is 1. The lowest BCUT2D eigenvalue weighted by Gasteiger charge is -1.93. The Bertz CT molecular complexity index is 522. The highest BCUT2D eigenvalue weighted by atomic mass is 32.2. The molecule has 1 heterocycles. The van der Waals surface area contributed by atoms with Crippen LogP contribution < -0.4 is 0 Å². The Morgan fingerprint density at radius 3 is 3.06 bits per heavy atom. The van der Waals surface area contributed by atoms with Gasteiger partial charge in [0.1, 0.15) is 0 Å². The molecule has 1 N–H and O–H groups in total. The summed E-state index contributed by atoms with van der Waals surface area (Å²) in [5.41, 5.74) is 0.961. The van der Waals surface area contributed by atoms with Crippen LogP contribution in [0, 0.1) is 0 Å². The maximum atomic E-state index is 10.5. The molecule has 0 radical (unpaired) electrons. The molecule has 0 saturated heterocycles. The van der Waals surface area contributed by atoms with Gasteiger partial charge in [0, 0.05) is 11.3 Å². The van der Waals surface area contributed by atoms with Gasteiger partial charge in [-0.05, 0) is 24.5 Å². The molecule has 0 aliphatic heterocycles. The molecule has 2 rings (SSSR count). The largest absolute Gasteiger partial charge is 0.481 e. The first-order valence-electron chi connectivity index (χ1n) is 4.84. The maximum absolute atomic E-state index is 10.5. The fourth-order valence-electron chi connectivity index (χ4n) is 1.40. The van der Waals surface area contributed by atoms with Gasteiger partial charge in [-0.3, -0.25) is 4.79 Å². The number of thioether (sulfide) groups is 1. The molecule has 1 aromatic heterocycles. The van der Waals surface area contributed by atoms with Crippen molar-refractivity contribution in [3.63, 3.8) is 0 Å². The third kappa shape index (κ3) is 2.54. The van der Waals surface area contributed by atoms with Crippen LogP contribution in [0.15, 0.2) is 23.1 Å². The molecule has 0 unspecified atom stereocenters. The molecule has 3 nitrogen and oxygen atoms in total. The number of benzene rings is 1. The van der Waals surface area contributed by atoms with Crippen LogP contribution in [0.2, 0.25) is 0 Å². The average molecular weight is 253 g/mol. The van der Waals surface area contributed by atoms with Crippen molar-refractivity contribution in [2.75, 3.05) is 6.26 Å². The van der Waals surface area contributed by atoms with E-state index in [1.807, 2.05) is 18.4 Å². The van der Waals surface area contributed by atoms with Gasteiger partial charge in [0.15, 0.2) is 0 Å². The van der Waals surface area contributed by atoms with Crippen LogP contribution in [0.25, 0.3) is 10.2 Å². The van der Waals surface area contributed by atoms with Gasteiger partial charge in [-0.15, -0.1) is 23.1 Å². The van der Waals surface area contributed by atoms with E-state index in [0.29, 0.717) is 6.42 Å². The summed E-state index contributed by atoms with van der Waals surface area (Å²) in [5.74, 6) is -0.774. The van der Waals surface area contributed by atoms with Crippen molar-refractivity contribution in [3.05, 3.63) is 23.2 Å². The number of carboxylic acids is 1. The Kier molecular flexibility index (Phi) is 3.46. The first kappa shape index (κ1) is 11.4. The summed E-state index contributed by atoms with van der Waals surface area (Å²) < 4.78 is 1.13. The molecule has 0 saturated carbocycles. The SMILES string of the molecule is CSc1ccc2nc(CCC(=O)O)sc2c1. The minimum absolute atomic E-state index is 0.148. The van der Waals surface area contributed by atoms with E-state index in [0.717, 1.165) is 15.2 Å². The van der Waals surface area contributed by atoms with E-state index >= 15 is 0 Å². The first-order valence-corrected chi connectivity index (χ1v) is 6.88. The van der Waals surface area contributed by atoms with Crippen LogP contribution in [-0.4, -0.2) is 22.3 Å². The highest BCUT2D eigenvalue weighted by molar-refractivity contribution is 7.98. The maximum Gasteiger partial charge on any atom is 0.303 e. The van der Waals surface area contributed by atoms with Crippen molar-refractivity contribution >= 4 is 39.3 Å². The Morgan fingerprint density at radius 1 is 1.56 bits per heavy atom. The van der Waals surface area contributed by atoms with E-state index in [1.54, 1.807) is 23.1 Å². The fraction of sp³-hybridized carbons (Fsp3) is 0.273. The Balaban J connectivity index is 2.25. The van der Waals surface area contributed by atoms with Crippen molar-refractivity contribution in [1.29, 1.82) is 0 Å². The summed E-state index contributed by atoms with van der Waals surface area (Å²) in [6, 6.07) is 6.12. The van der Waals surface area contributed by atoms with Crippen LogP contribution in [0.4, 0.5) is 0 Å². The average Bonchev–Trinajstić information content (AvgIpc) is 2.67. The van der Waals surface area contributed by atoms with Gasteiger partial charge in [0.25, 0.3) is 0 Å². The number of nitrogens with zero attached hydrogens (tertiary/aromatic N) is 1. The number of carboxylic acid groups (broad SMARTS) is 1. The quantitative estimate of drug-likeness (QED) is 0.851. The van der Waals surface area contributed by atoms with E-state index in [-0.39, 0.29) is 6.42 Å². The highest BCUT2D eigenvalue weighted by Gasteiger charge is 2.06. The van der Waals surface area contributed by atoms with Crippen molar-refractivity contribution in [3.8, 4) is 0 Å². The van der Waals surface area contributed by atoms with Crippen LogP contribution in [0.5, 0.6) is 0 Å². The second-order valence-electron chi connectivity index (χ2n) is 3.33. The van der Waals surface area contributed by atoms with Gasteiger partial charge in [-0.25, -0.2) is 4.98 Å². The second-order valence-corrected chi connectivity index (χ2v) is 5.33.